The molecular formula is C21H18F2. The van der Waals surface area contributed by atoms with Gasteiger partial charge in [-0.1, -0.05) is 48.0 Å². The molecule has 2 heteroatoms. The molecule has 0 spiro atoms. The molecule has 0 aliphatic carbocycles. The predicted octanol–water partition coefficient (Wildman–Crippen LogP) is 6.22. The first-order chi connectivity index (χ1) is 11.0. The summed E-state index contributed by atoms with van der Waals surface area (Å²) in [5.41, 5.74) is 5.35. The van der Waals surface area contributed by atoms with E-state index in [1.807, 2.05) is 50.2 Å². The fraction of sp³-hybridized carbons (Fsp3) is 0.143. The third-order valence-electron chi connectivity index (χ3n) is 4.27. The van der Waals surface area contributed by atoms with Crippen molar-refractivity contribution in [2.24, 2.45) is 0 Å². The molecule has 3 rings (SSSR count). The second kappa shape index (κ2) is 5.96. The lowest BCUT2D eigenvalue weighted by molar-refractivity contribution is 0.616. The van der Waals surface area contributed by atoms with Crippen LogP contribution in [-0.2, 0) is 0 Å². The van der Waals surface area contributed by atoms with Crippen molar-refractivity contribution in [2.75, 3.05) is 0 Å². The minimum atomic E-state index is -0.342. The highest BCUT2D eigenvalue weighted by atomic mass is 19.1. The number of aryl methyl sites for hydroxylation is 2. The van der Waals surface area contributed by atoms with Gasteiger partial charge in [0.25, 0.3) is 0 Å². The molecule has 0 aliphatic rings. The normalized spacial score (nSPS) is 10.8. The van der Waals surface area contributed by atoms with E-state index in [2.05, 4.69) is 0 Å². The first-order valence-electron chi connectivity index (χ1n) is 7.59. The third-order valence-corrected chi connectivity index (χ3v) is 4.27. The minimum absolute atomic E-state index is 0.304. The van der Waals surface area contributed by atoms with Crippen LogP contribution in [0.2, 0.25) is 0 Å². The fourth-order valence-electron chi connectivity index (χ4n) is 2.65. The molecule has 0 radical (unpaired) electrons. The molecular weight excluding hydrogens is 290 g/mol. The van der Waals surface area contributed by atoms with Gasteiger partial charge in [0, 0.05) is 5.56 Å². The lowest BCUT2D eigenvalue weighted by Gasteiger charge is -2.10. The van der Waals surface area contributed by atoms with Crippen molar-refractivity contribution in [1.82, 2.24) is 0 Å². The zero-order chi connectivity index (χ0) is 16.6. The summed E-state index contributed by atoms with van der Waals surface area (Å²) in [5, 5.41) is 0. The Morgan fingerprint density at radius 2 is 1.22 bits per heavy atom. The lowest BCUT2D eigenvalue weighted by atomic mass is 9.96. The Kier molecular flexibility index (Phi) is 3.99. The molecule has 0 saturated heterocycles. The summed E-state index contributed by atoms with van der Waals surface area (Å²) in [7, 11) is 0. The van der Waals surface area contributed by atoms with Gasteiger partial charge in [-0.2, -0.15) is 0 Å². The minimum Gasteiger partial charge on any atom is -0.207 e. The molecule has 0 heterocycles. The largest absolute Gasteiger partial charge is 0.207 e. The zero-order valence-corrected chi connectivity index (χ0v) is 13.5. The van der Waals surface area contributed by atoms with Gasteiger partial charge < -0.3 is 0 Å². The third kappa shape index (κ3) is 3.02. The van der Waals surface area contributed by atoms with Crippen molar-refractivity contribution in [1.29, 1.82) is 0 Å². The summed E-state index contributed by atoms with van der Waals surface area (Å²) >= 11 is 0. The maximum atomic E-state index is 14.5. The van der Waals surface area contributed by atoms with Crippen molar-refractivity contribution in [3.63, 3.8) is 0 Å². The average Bonchev–Trinajstić information content (AvgIpc) is 2.53. The van der Waals surface area contributed by atoms with Gasteiger partial charge in [0.2, 0.25) is 0 Å². The maximum Gasteiger partial charge on any atom is 0.131 e. The predicted molar refractivity (Wildman–Crippen MR) is 91.4 cm³/mol. The van der Waals surface area contributed by atoms with Crippen molar-refractivity contribution in [3.8, 4) is 22.3 Å². The van der Waals surface area contributed by atoms with Gasteiger partial charge in [-0.25, -0.2) is 8.78 Å². The van der Waals surface area contributed by atoms with Gasteiger partial charge in [-0.3, -0.25) is 0 Å². The van der Waals surface area contributed by atoms with Crippen LogP contribution in [0.1, 0.15) is 16.7 Å². The van der Waals surface area contributed by atoms with Crippen LogP contribution < -0.4 is 0 Å². The summed E-state index contributed by atoms with van der Waals surface area (Å²) in [4.78, 5) is 0. The smallest absolute Gasteiger partial charge is 0.131 e. The first-order valence-corrected chi connectivity index (χ1v) is 7.59. The van der Waals surface area contributed by atoms with Crippen LogP contribution in [0.3, 0.4) is 0 Å². The Labute approximate surface area is 135 Å². The number of rotatable bonds is 2. The topological polar surface area (TPSA) is 0 Å². The fourth-order valence-corrected chi connectivity index (χ4v) is 2.65. The molecule has 0 bridgehead atoms. The molecule has 0 N–H and O–H groups in total. The van der Waals surface area contributed by atoms with Crippen LogP contribution in [0.25, 0.3) is 22.3 Å². The summed E-state index contributed by atoms with van der Waals surface area (Å²) < 4.78 is 28.5. The molecule has 0 aliphatic heterocycles. The highest BCUT2D eigenvalue weighted by Gasteiger charge is 2.11. The van der Waals surface area contributed by atoms with E-state index < -0.39 is 0 Å². The SMILES string of the molecule is Cc1ccc(-c2ccc(-c3cc(C)c(C)c(F)c3)c(F)c2)cc1. The van der Waals surface area contributed by atoms with E-state index in [0.29, 0.717) is 16.7 Å². The Morgan fingerprint density at radius 1 is 0.609 bits per heavy atom. The van der Waals surface area contributed by atoms with Crippen LogP contribution in [0.15, 0.2) is 54.6 Å². The van der Waals surface area contributed by atoms with E-state index in [-0.39, 0.29) is 11.6 Å². The summed E-state index contributed by atoms with van der Waals surface area (Å²) in [5.74, 6) is -0.646. The van der Waals surface area contributed by atoms with Crippen molar-refractivity contribution in [3.05, 3.63) is 82.9 Å². The first kappa shape index (κ1) is 15.4. The summed E-state index contributed by atoms with van der Waals surface area (Å²) in [6.07, 6.45) is 0. The molecule has 0 amide bonds. The van der Waals surface area contributed by atoms with Crippen molar-refractivity contribution < 1.29 is 8.78 Å². The van der Waals surface area contributed by atoms with Gasteiger partial charge in [0.05, 0.1) is 0 Å². The van der Waals surface area contributed by atoms with Gasteiger partial charge in [0.1, 0.15) is 11.6 Å². The van der Waals surface area contributed by atoms with Crippen molar-refractivity contribution in [2.45, 2.75) is 20.8 Å². The number of halogens is 2. The average molecular weight is 308 g/mol. The van der Waals surface area contributed by atoms with Crippen LogP contribution in [0, 0.1) is 32.4 Å². The van der Waals surface area contributed by atoms with Gasteiger partial charge in [-0.15, -0.1) is 0 Å². The van der Waals surface area contributed by atoms with E-state index in [4.69, 9.17) is 0 Å². The number of hydrogen-bond donors (Lipinski definition) is 0. The molecule has 0 atom stereocenters. The quantitative estimate of drug-likeness (QED) is 0.527. The molecule has 0 nitrogen and oxygen atoms in total. The zero-order valence-electron chi connectivity index (χ0n) is 13.5. The monoisotopic (exact) mass is 308 g/mol. The molecule has 0 saturated carbocycles. The van der Waals surface area contributed by atoms with Gasteiger partial charge in [-0.05, 0) is 60.7 Å². The van der Waals surface area contributed by atoms with Crippen LogP contribution in [0.4, 0.5) is 8.78 Å². The van der Waals surface area contributed by atoms with Gasteiger partial charge in [0.15, 0.2) is 0 Å². The summed E-state index contributed by atoms with van der Waals surface area (Å²) in [6, 6.07) is 16.3. The van der Waals surface area contributed by atoms with Crippen molar-refractivity contribution >= 4 is 0 Å². The maximum absolute atomic E-state index is 14.5. The number of hydrogen-bond acceptors (Lipinski definition) is 0. The molecule has 0 aromatic heterocycles. The Morgan fingerprint density at radius 3 is 1.83 bits per heavy atom. The number of benzene rings is 3. The second-order valence-corrected chi connectivity index (χ2v) is 5.96. The highest BCUT2D eigenvalue weighted by Crippen LogP contribution is 2.30. The Bertz CT molecular complexity index is 839. The molecule has 3 aromatic rings. The Hall–Kier alpha value is -2.48. The van der Waals surface area contributed by atoms with Gasteiger partial charge >= 0.3 is 0 Å². The molecule has 116 valence electrons. The van der Waals surface area contributed by atoms with E-state index in [9.17, 15) is 8.78 Å². The summed E-state index contributed by atoms with van der Waals surface area (Å²) in [6.45, 7) is 5.58. The highest BCUT2D eigenvalue weighted by molar-refractivity contribution is 5.71. The van der Waals surface area contributed by atoms with E-state index >= 15 is 0 Å². The van der Waals surface area contributed by atoms with Crippen LogP contribution in [-0.4, -0.2) is 0 Å². The standard InChI is InChI=1S/C21H18F2/c1-13-4-6-16(7-5-13)17-8-9-19(21(23)11-17)18-10-14(2)15(3)20(22)12-18/h4-12H,1-3H3. The second-order valence-electron chi connectivity index (χ2n) is 5.96. The lowest BCUT2D eigenvalue weighted by Crippen LogP contribution is -1.92. The Balaban J connectivity index is 2.04. The van der Waals surface area contributed by atoms with E-state index in [0.717, 1.165) is 22.3 Å². The molecule has 23 heavy (non-hydrogen) atoms. The van der Waals surface area contributed by atoms with E-state index in [1.165, 1.54) is 12.1 Å². The van der Waals surface area contributed by atoms with Crippen LogP contribution >= 0.6 is 0 Å². The molecule has 3 aromatic carbocycles. The molecule has 0 fully saturated rings. The van der Waals surface area contributed by atoms with Crippen LogP contribution in [0.5, 0.6) is 0 Å². The molecule has 0 unspecified atom stereocenters. The van der Waals surface area contributed by atoms with E-state index in [1.54, 1.807) is 13.0 Å².